The predicted octanol–water partition coefficient (Wildman–Crippen LogP) is -1.21. The van der Waals surface area contributed by atoms with E-state index in [2.05, 4.69) is 0 Å². The third-order valence-corrected chi connectivity index (χ3v) is 3.02. The average molecular weight is 180 g/mol. The molecule has 1 heterocycles. The van der Waals surface area contributed by atoms with Gasteiger partial charge in [0, 0.05) is 12.9 Å². The summed E-state index contributed by atoms with van der Waals surface area (Å²) >= 11 is 1.30. The van der Waals surface area contributed by atoms with E-state index in [9.17, 15) is 5.11 Å². The molecule has 4 nitrogen and oxygen atoms in total. The Morgan fingerprint density at radius 1 is 1.27 bits per heavy atom. The molecule has 0 aromatic heterocycles. The molecule has 0 saturated carbocycles. The van der Waals surface area contributed by atoms with Gasteiger partial charge in [-0.25, -0.2) is 0 Å². The SMILES string of the molecule is CO[C@H]1SC[C@@H](O)[C@@H](O)[C@@H]1O. The van der Waals surface area contributed by atoms with Crippen molar-refractivity contribution in [3.63, 3.8) is 0 Å². The van der Waals surface area contributed by atoms with E-state index in [1.165, 1.54) is 18.9 Å². The summed E-state index contributed by atoms with van der Waals surface area (Å²) in [5.41, 5.74) is -0.423. The van der Waals surface area contributed by atoms with E-state index in [0.717, 1.165) is 0 Å². The van der Waals surface area contributed by atoms with Crippen LogP contribution in [0.1, 0.15) is 0 Å². The highest BCUT2D eigenvalue weighted by molar-refractivity contribution is 7.99. The van der Waals surface area contributed by atoms with Crippen LogP contribution < -0.4 is 0 Å². The number of hydrogen-bond acceptors (Lipinski definition) is 5. The lowest BCUT2D eigenvalue weighted by molar-refractivity contribution is -0.0911. The summed E-state index contributed by atoms with van der Waals surface area (Å²) in [6.45, 7) is 0. The highest BCUT2D eigenvalue weighted by Crippen LogP contribution is 2.26. The molecular weight excluding hydrogens is 168 g/mol. The first-order valence-electron chi connectivity index (χ1n) is 3.35. The molecule has 0 aliphatic carbocycles. The van der Waals surface area contributed by atoms with Crippen LogP contribution in [0.25, 0.3) is 0 Å². The second-order valence-corrected chi connectivity index (χ2v) is 3.62. The highest BCUT2D eigenvalue weighted by atomic mass is 32.2. The maximum Gasteiger partial charge on any atom is 0.131 e. The van der Waals surface area contributed by atoms with Crippen molar-refractivity contribution in [3.05, 3.63) is 0 Å². The zero-order valence-corrected chi connectivity index (χ0v) is 6.99. The van der Waals surface area contributed by atoms with Gasteiger partial charge in [0.25, 0.3) is 0 Å². The van der Waals surface area contributed by atoms with Crippen LogP contribution in [-0.4, -0.2) is 51.9 Å². The van der Waals surface area contributed by atoms with E-state index < -0.39 is 23.7 Å². The molecule has 5 heteroatoms. The molecule has 0 aromatic rings. The summed E-state index contributed by atoms with van der Waals surface area (Å²) in [5, 5.41) is 27.5. The first kappa shape index (κ1) is 9.28. The molecule has 1 aliphatic heterocycles. The molecule has 3 N–H and O–H groups in total. The van der Waals surface area contributed by atoms with E-state index in [1.54, 1.807) is 0 Å². The van der Waals surface area contributed by atoms with Crippen LogP contribution in [0, 0.1) is 0 Å². The van der Waals surface area contributed by atoms with E-state index in [1.807, 2.05) is 0 Å². The van der Waals surface area contributed by atoms with E-state index >= 15 is 0 Å². The monoisotopic (exact) mass is 180 g/mol. The van der Waals surface area contributed by atoms with Crippen LogP contribution in [0.4, 0.5) is 0 Å². The maximum atomic E-state index is 9.25. The smallest absolute Gasteiger partial charge is 0.131 e. The van der Waals surface area contributed by atoms with Crippen molar-refractivity contribution in [3.8, 4) is 0 Å². The molecule has 0 bridgehead atoms. The van der Waals surface area contributed by atoms with Crippen LogP contribution in [0.3, 0.4) is 0 Å². The molecule has 1 rings (SSSR count). The van der Waals surface area contributed by atoms with Crippen molar-refractivity contribution in [1.29, 1.82) is 0 Å². The number of hydrogen-bond donors (Lipinski definition) is 3. The van der Waals surface area contributed by atoms with Gasteiger partial charge >= 0.3 is 0 Å². The van der Waals surface area contributed by atoms with E-state index in [-0.39, 0.29) is 0 Å². The molecule has 1 saturated heterocycles. The summed E-state index contributed by atoms with van der Waals surface area (Å²) in [5.74, 6) is 0.400. The maximum absolute atomic E-state index is 9.25. The number of aliphatic hydroxyl groups is 3. The van der Waals surface area contributed by atoms with Crippen molar-refractivity contribution >= 4 is 11.8 Å². The van der Waals surface area contributed by atoms with Crippen LogP contribution in [0.2, 0.25) is 0 Å². The number of methoxy groups -OCH3 is 1. The standard InChI is InChI=1S/C6H12O4S/c1-10-6-5(9)4(8)3(7)2-11-6/h3-9H,2H2,1H3/t3-,4-,5+,6+/m1/s1. The molecule has 0 spiro atoms. The normalized spacial score (nSPS) is 45.8. The fourth-order valence-corrected chi connectivity index (χ4v) is 2.06. The van der Waals surface area contributed by atoms with Gasteiger partial charge in [-0.1, -0.05) is 0 Å². The molecule has 66 valence electrons. The van der Waals surface area contributed by atoms with Crippen molar-refractivity contribution < 1.29 is 20.1 Å². The summed E-state index contributed by atoms with van der Waals surface area (Å²) in [7, 11) is 1.46. The summed E-state index contributed by atoms with van der Waals surface area (Å²) in [4.78, 5) is 0. The minimum atomic E-state index is -1.08. The van der Waals surface area contributed by atoms with Crippen LogP contribution in [0.15, 0.2) is 0 Å². The van der Waals surface area contributed by atoms with E-state index in [0.29, 0.717) is 5.75 Å². The minimum Gasteiger partial charge on any atom is -0.389 e. The molecule has 0 aromatic carbocycles. The fraction of sp³-hybridized carbons (Fsp3) is 1.00. The Labute approximate surface area is 69.2 Å². The lowest BCUT2D eigenvalue weighted by Crippen LogP contribution is -2.49. The van der Waals surface area contributed by atoms with Crippen LogP contribution in [0.5, 0.6) is 0 Å². The van der Waals surface area contributed by atoms with Gasteiger partial charge in [-0.3, -0.25) is 0 Å². The van der Waals surface area contributed by atoms with Crippen LogP contribution >= 0.6 is 11.8 Å². The van der Waals surface area contributed by atoms with Gasteiger partial charge in [0.15, 0.2) is 0 Å². The fourth-order valence-electron chi connectivity index (χ4n) is 0.987. The average Bonchev–Trinajstić information content (AvgIpc) is 2.01. The second kappa shape index (κ2) is 3.73. The summed E-state index contributed by atoms with van der Waals surface area (Å²) in [6, 6.07) is 0. The quantitative estimate of drug-likeness (QED) is 0.472. The predicted molar refractivity (Wildman–Crippen MR) is 41.3 cm³/mol. The minimum absolute atomic E-state index is 0.400. The molecule has 0 radical (unpaired) electrons. The molecule has 11 heavy (non-hydrogen) atoms. The molecule has 0 unspecified atom stereocenters. The van der Waals surface area contributed by atoms with Crippen molar-refractivity contribution in [2.24, 2.45) is 0 Å². The number of ether oxygens (including phenoxy) is 1. The van der Waals surface area contributed by atoms with Crippen LogP contribution in [-0.2, 0) is 4.74 Å². The van der Waals surface area contributed by atoms with Gasteiger partial charge in [0.2, 0.25) is 0 Å². The Bertz CT molecular complexity index is 130. The number of aliphatic hydroxyl groups excluding tert-OH is 3. The Balaban J connectivity index is 2.52. The van der Waals surface area contributed by atoms with E-state index in [4.69, 9.17) is 14.9 Å². The van der Waals surface area contributed by atoms with Gasteiger partial charge in [-0.2, -0.15) is 0 Å². The number of thioether (sulfide) groups is 1. The Morgan fingerprint density at radius 2 is 1.91 bits per heavy atom. The third-order valence-electron chi connectivity index (χ3n) is 1.69. The Kier molecular flexibility index (Phi) is 3.15. The molecule has 4 atom stereocenters. The molecular formula is C6H12O4S. The first-order chi connectivity index (χ1) is 5.16. The summed E-state index contributed by atoms with van der Waals surface area (Å²) < 4.78 is 4.86. The van der Waals surface area contributed by atoms with Gasteiger partial charge in [0.1, 0.15) is 17.6 Å². The Hall–Kier alpha value is 0.190. The highest BCUT2D eigenvalue weighted by Gasteiger charge is 2.36. The van der Waals surface area contributed by atoms with Gasteiger partial charge in [-0.15, -0.1) is 11.8 Å². The van der Waals surface area contributed by atoms with Crippen molar-refractivity contribution in [2.45, 2.75) is 23.7 Å². The zero-order chi connectivity index (χ0) is 8.43. The number of rotatable bonds is 1. The van der Waals surface area contributed by atoms with Crippen molar-refractivity contribution in [2.75, 3.05) is 12.9 Å². The van der Waals surface area contributed by atoms with Gasteiger partial charge in [0.05, 0.1) is 6.10 Å². The topological polar surface area (TPSA) is 69.9 Å². The largest absolute Gasteiger partial charge is 0.389 e. The molecule has 0 amide bonds. The lowest BCUT2D eigenvalue weighted by atomic mass is 10.1. The van der Waals surface area contributed by atoms with Gasteiger partial charge < -0.3 is 20.1 Å². The Morgan fingerprint density at radius 3 is 2.45 bits per heavy atom. The van der Waals surface area contributed by atoms with Gasteiger partial charge in [-0.05, 0) is 0 Å². The first-order valence-corrected chi connectivity index (χ1v) is 4.40. The summed E-state index contributed by atoms with van der Waals surface area (Å²) in [6.07, 6.45) is -2.92. The second-order valence-electron chi connectivity index (χ2n) is 2.49. The molecule has 1 aliphatic rings. The molecule has 1 fully saturated rings. The van der Waals surface area contributed by atoms with Crippen molar-refractivity contribution in [1.82, 2.24) is 0 Å². The lowest BCUT2D eigenvalue weighted by Gasteiger charge is -2.33. The third kappa shape index (κ3) is 1.86. The zero-order valence-electron chi connectivity index (χ0n) is 6.17.